The van der Waals surface area contributed by atoms with Gasteiger partial charge in [0.15, 0.2) is 0 Å². The number of thiophene rings is 1. The van der Waals surface area contributed by atoms with E-state index < -0.39 is 5.97 Å². The van der Waals surface area contributed by atoms with Gasteiger partial charge in [-0.2, -0.15) is 0 Å². The number of carbonyl (C=O) groups excluding carboxylic acids is 1. The molecule has 2 rings (SSSR count). The minimum absolute atomic E-state index is 0.181. The lowest BCUT2D eigenvalue weighted by molar-refractivity contribution is 0.0489. The third kappa shape index (κ3) is 3.22. The predicted octanol–water partition coefficient (Wildman–Crippen LogP) is 4.43. The normalized spacial score (nSPS) is 11.1. The van der Waals surface area contributed by atoms with E-state index in [0.29, 0.717) is 35.6 Å². The second-order valence-corrected chi connectivity index (χ2v) is 6.03. The maximum absolute atomic E-state index is 11.9. The zero-order valence-corrected chi connectivity index (χ0v) is 13.2. The molecule has 0 fully saturated rings. The van der Waals surface area contributed by atoms with Crippen molar-refractivity contribution >= 4 is 28.9 Å². The van der Waals surface area contributed by atoms with Gasteiger partial charge in [0.2, 0.25) is 11.7 Å². The number of aromatic nitrogens is 1. The molecule has 0 radical (unpaired) electrons. The average Bonchev–Trinajstić information content (AvgIpc) is 2.95. The van der Waals surface area contributed by atoms with Gasteiger partial charge in [0.25, 0.3) is 0 Å². The summed E-state index contributed by atoms with van der Waals surface area (Å²) in [6.07, 6.45) is 0.653. The Morgan fingerprint density at radius 3 is 2.85 bits per heavy atom. The Kier molecular flexibility index (Phi) is 4.83. The molecule has 6 heteroatoms. The summed E-state index contributed by atoms with van der Waals surface area (Å²) in [5.41, 5.74) is 0.623. The Morgan fingerprint density at radius 2 is 2.30 bits per heavy atom. The molecule has 20 heavy (non-hydrogen) atoms. The quantitative estimate of drug-likeness (QED) is 0.766. The fourth-order valence-corrected chi connectivity index (χ4v) is 2.84. The number of halogens is 1. The van der Waals surface area contributed by atoms with E-state index in [0.717, 1.165) is 4.88 Å². The van der Waals surface area contributed by atoms with E-state index in [1.807, 2.05) is 5.38 Å². The molecule has 0 aromatic carbocycles. The second-order valence-electron chi connectivity index (χ2n) is 4.71. The Labute approximate surface area is 126 Å². The molecule has 2 aromatic rings. The van der Waals surface area contributed by atoms with E-state index >= 15 is 0 Å². The van der Waals surface area contributed by atoms with Gasteiger partial charge in [0.1, 0.15) is 4.88 Å². The summed E-state index contributed by atoms with van der Waals surface area (Å²) in [5, 5.41) is 2.43. The van der Waals surface area contributed by atoms with E-state index in [-0.39, 0.29) is 5.76 Å². The van der Waals surface area contributed by atoms with Gasteiger partial charge >= 0.3 is 5.97 Å². The van der Waals surface area contributed by atoms with Crippen molar-refractivity contribution in [2.75, 3.05) is 6.61 Å². The maximum Gasteiger partial charge on any atom is 0.376 e. The van der Waals surface area contributed by atoms with Gasteiger partial charge in [0, 0.05) is 0 Å². The first-order chi connectivity index (χ1) is 9.52. The zero-order valence-electron chi connectivity index (χ0n) is 11.6. The van der Waals surface area contributed by atoms with Crippen LogP contribution in [0.5, 0.6) is 0 Å². The molecule has 0 aliphatic heterocycles. The van der Waals surface area contributed by atoms with E-state index in [9.17, 15) is 4.79 Å². The first-order valence-corrected chi connectivity index (χ1v) is 7.68. The molecule has 0 bridgehead atoms. The van der Waals surface area contributed by atoms with Crippen molar-refractivity contribution < 1.29 is 13.9 Å². The number of carbonyl (C=O) groups is 1. The number of esters is 1. The Hall–Kier alpha value is -1.33. The van der Waals surface area contributed by atoms with Gasteiger partial charge in [-0.15, -0.1) is 11.3 Å². The van der Waals surface area contributed by atoms with Crippen molar-refractivity contribution in [1.29, 1.82) is 0 Å². The average molecular weight is 314 g/mol. The third-order valence-corrected chi connectivity index (χ3v) is 3.90. The molecule has 0 unspecified atom stereocenters. The van der Waals surface area contributed by atoms with E-state index in [1.165, 1.54) is 11.3 Å². The molecule has 0 spiro atoms. The van der Waals surface area contributed by atoms with Gasteiger partial charge in [-0.25, -0.2) is 9.78 Å². The third-order valence-electron chi connectivity index (χ3n) is 2.57. The van der Waals surface area contributed by atoms with Crippen LogP contribution >= 0.6 is 22.9 Å². The van der Waals surface area contributed by atoms with Crippen LogP contribution in [0.2, 0.25) is 5.02 Å². The fourth-order valence-electron chi connectivity index (χ4n) is 1.78. The van der Waals surface area contributed by atoms with Gasteiger partial charge in [-0.3, -0.25) is 0 Å². The van der Waals surface area contributed by atoms with Crippen molar-refractivity contribution in [3.63, 3.8) is 0 Å². The standard InChI is InChI=1S/C14H16ClNO3S/c1-4-18-14(17)11-10(7-8(2)3)16-13(19-11)12-9(15)5-6-20-12/h5-6,8H,4,7H2,1-3H3. The van der Waals surface area contributed by atoms with Crippen LogP contribution in [0, 0.1) is 5.92 Å². The van der Waals surface area contributed by atoms with Crippen LogP contribution in [0.3, 0.4) is 0 Å². The summed E-state index contributed by atoms with van der Waals surface area (Å²) >= 11 is 7.50. The molecular formula is C14H16ClNO3S. The van der Waals surface area contributed by atoms with Crippen LogP contribution in [0.15, 0.2) is 15.9 Å². The smallest absolute Gasteiger partial charge is 0.376 e. The lowest BCUT2D eigenvalue weighted by Gasteiger charge is -2.02. The Balaban J connectivity index is 2.41. The topological polar surface area (TPSA) is 52.3 Å². The van der Waals surface area contributed by atoms with E-state index in [4.69, 9.17) is 20.8 Å². The van der Waals surface area contributed by atoms with Crippen molar-refractivity contribution in [3.8, 4) is 10.8 Å². The summed E-state index contributed by atoms with van der Waals surface area (Å²) in [5.74, 6) is 0.443. The lowest BCUT2D eigenvalue weighted by Crippen LogP contribution is -2.08. The molecule has 0 N–H and O–H groups in total. The summed E-state index contributed by atoms with van der Waals surface area (Å²) in [7, 11) is 0. The zero-order chi connectivity index (χ0) is 14.7. The molecule has 2 heterocycles. The maximum atomic E-state index is 11.9. The number of ether oxygens (including phenoxy) is 1. The Bertz CT molecular complexity index is 603. The molecule has 0 aliphatic rings. The van der Waals surface area contributed by atoms with Crippen molar-refractivity contribution in [2.45, 2.75) is 27.2 Å². The molecular weight excluding hydrogens is 298 g/mol. The second kappa shape index (κ2) is 6.41. The molecule has 0 saturated heterocycles. The van der Waals surface area contributed by atoms with Gasteiger partial charge in [-0.1, -0.05) is 25.4 Å². The summed E-state index contributed by atoms with van der Waals surface area (Å²) in [6, 6.07) is 1.78. The van der Waals surface area contributed by atoms with Crippen molar-refractivity contribution in [1.82, 2.24) is 4.98 Å². The van der Waals surface area contributed by atoms with Gasteiger partial charge in [0.05, 0.1) is 17.3 Å². The SMILES string of the molecule is CCOC(=O)c1oc(-c2sccc2Cl)nc1CC(C)C. The van der Waals surface area contributed by atoms with Gasteiger partial charge in [-0.05, 0) is 30.7 Å². The van der Waals surface area contributed by atoms with Crippen LogP contribution in [0.4, 0.5) is 0 Å². The molecule has 0 aliphatic carbocycles. The van der Waals surface area contributed by atoms with Crippen LogP contribution in [-0.2, 0) is 11.2 Å². The van der Waals surface area contributed by atoms with Crippen LogP contribution < -0.4 is 0 Å². The molecule has 108 valence electrons. The number of nitrogens with zero attached hydrogens (tertiary/aromatic N) is 1. The Morgan fingerprint density at radius 1 is 1.55 bits per heavy atom. The fraction of sp³-hybridized carbons (Fsp3) is 0.429. The minimum atomic E-state index is -0.477. The van der Waals surface area contributed by atoms with Crippen LogP contribution in [0.1, 0.15) is 37.0 Å². The van der Waals surface area contributed by atoms with Crippen molar-refractivity contribution in [3.05, 3.63) is 27.9 Å². The predicted molar refractivity (Wildman–Crippen MR) is 79.3 cm³/mol. The lowest BCUT2D eigenvalue weighted by atomic mass is 10.1. The summed E-state index contributed by atoms with van der Waals surface area (Å²) in [4.78, 5) is 17.1. The number of hydrogen-bond acceptors (Lipinski definition) is 5. The first kappa shape index (κ1) is 15.1. The monoisotopic (exact) mass is 313 g/mol. The highest BCUT2D eigenvalue weighted by atomic mass is 35.5. The van der Waals surface area contributed by atoms with E-state index in [1.54, 1.807) is 13.0 Å². The van der Waals surface area contributed by atoms with Crippen LogP contribution in [-0.4, -0.2) is 17.6 Å². The largest absolute Gasteiger partial charge is 0.460 e. The molecule has 0 saturated carbocycles. The molecule has 0 amide bonds. The summed E-state index contributed by atoms with van der Waals surface area (Å²) in [6.45, 7) is 6.17. The minimum Gasteiger partial charge on any atom is -0.460 e. The highest BCUT2D eigenvalue weighted by Gasteiger charge is 2.24. The molecule has 0 atom stereocenters. The first-order valence-electron chi connectivity index (χ1n) is 6.43. The molecule has 2 aromatic heterocycles. The number of rotatable bonds is 5. The molecule has 4 nitrogen and oxygen atoms in total. The van der Waals surface area contributed by atoms with Crippen molar-refractivity contribution in [2.24, 2.45) is 5.92 Å². The van der Waals surface area contributed by atoms with Crippen LogP contribution in [0.25, 0.3) is 10.8 Å². The highest BCUT2D eigenvalue weighted by Crippen LogP contribution is 2.34. The van der Waals surface area contributed by atoms with Gasteiger partial charge < -0.3 is 9.15 Å². The summed E-state index contributed by atoms with van der Waals surface area (Å²) < 4.78 is 10.6. The van der Waals surface area contributed by atoms with E-state index in [2.05, 4.69) is 18.8 Å². The number of hydrogen-bond donors (Lipinski definition) is 0. The number of oxazole rings is 1. The highest BCUT2D eigenvalue weighted by molar-refractivity contribution is 7.14.